The summed E-state index contributed by atoms with van der Waals surface area (Å²) in [6.45, 7) is 0.341. The molecule has 2 amide bonds. The fourth-order valence-corrected chi connectivity index (χ4v) is 4.46. The lowest BCUT2D eigenvalue weighted by Crippen LogP contribution is -2.37. The van der Waals surface area contributed by atoms with Crippen molar-refractivity contribution in [3.8, 4) is 5.75 Å². The van der Waals surface area contributed by atoms with Crippen molar-refractivity contribution < 1.29 is 14.7 Å². The molecule has 1 aliphatic rings. The monoisotopic (exact) mass is 429 g/mol. The average molecular weight is 429 g/mol. The van der Waals surface area contributed by atoms with Gasteiger partial charge in [0.1, 0.15) is 5.01 Å². The number of amides is 2. The summed E-state index contributed by atoms with van der Waals surface area (Å²) in [5.74, 6) is -2.00. The van der Waals surface area contributed by atoms with Gasteiger partial charge in [-0.05, 0) is 31.4 Å². The summed E-state index contributed by atoms with van der Waals surface area (Å²) in [6.07, 6.45) is 1.58. The first-order valence-corrected chi connectivity index (χ1v) is 10.2. The summed E-state index contributed by atoms with van der Waals surface area (Å²) in [5.41, 5.74) is -1.52. The highest BCUT2D eigenvalue weighted by Gasteiger charge is 2.31. The van der Waals surface area contributed by atoms with Crippen LogP contribution in [0.3, 0.4) is 0 Å². The van der Waals surface area contributed by atoms with Crippen LogP contribution in [0.5, 0.6) is 5.75 Å². The number of hydrogen-bond donors (Lipinski definition) is 5. The van der Waals surface area contributed by atoms with Gasteiger partial charge in [0.15, 0.2) is 5.69 Å². The molecule has 2 heterocycles. The van der Waals surface area contributed by atoms with E-state index >= 15 is 0 Å². The van der Waals surface area contributed by atoms with Crippen LogP contribution in [0.15, 0.2) is 33.9 Å². The predicted molar refractivity (Wildman–Crippen MR) is 109 cm³/mol. The summed E-state index contributed by atoms with van der Waals surface area (Å²) in [5, 5.41) is 16.1. The number of thiazole rings is 1. The van der Waals surface area contributed by atoms with E-state index in [4.69, 9.17) is 0 Å². The molecular formula is C19H19N5O5S. The molecule has 3 aromatic rings. The third-order valence-corrected chi connectivity index (χ3v) is 6.07. The quantitative estimate of drug-likeness (QED) is 0.400. The number of nitrogens with one attached hydrogen (secondary N) is 4. The summed E-state index contributed by atoms with van der Waals surface area (Å²) in [7, 11) is 0. The van der Waals surface area contributed by atoms with Gasteiger partial charge in [0, 0.05) is 12.0 Å². The van der Waals surface area contributed by atoms with Gasteiger partial charge in [-0.3, -0.25) is 24.4 Å². The van der Waals surface area contributed by atoms with Crippen LogP contribution < -0.4 is 21.9 Å². The standard InChI is InChI=1S/C19H19N5O5S/c25-15-14(23-19(29)24-18(15)28)17(27)21-10-6-5-9(7-10)16(26)20-8-13-22-11-3-1-2-4-12(11)30-13/h1-4,9-10,25H,5-8H2,(H,20,26)(H,21,27)(H2,23,24,28,29)/t9-,10-/m1/s1. The summed E-state index contributed by atoms with van der Waals surface area (Å²) >= 11 is 1.53. The molecule has 0 saturated heterocycles. The fraction of sp³-hybridized carbons (Fsp3) is 0.316. The first-order valence-electron chi connectivity index (χ1n) is 9.39. The van der Waals surface area contributed by atoms with Crippen molar-refractivity contribution in [2.75, 3.05) is 0 Å². The fourth-order valence-electron chi connectivity index (χ4n) is 3.56. The Kier molecular flexibility index (Phi) is 5.36. The van der Waals surface area contributed by atoms with Crippen molar-refractivity contribution in [1.82, 2.24) is 25.6 Å². The minimum absolute atomic E-state index is 0.113. The highest BCUT2D eigenvalue weighted by Crippen LogP contribution is 2.27. The Bertz CT molecular complexity index is 1200. The zero-order chi connectivity index (χ0) is 21.3. The summed E-state index contributed by atoms with van der Waals surface area (Å²) in [6, 6.07) is 7.45. The zero-order valence-electron chi connectivity index (χ0n) is 15.7. The maximum atomic E-state index is 12.5. The maximum absolute atomic E-state index is 12.5. The SMILES string of the molecule is O=C(N[C@@H]1CC[C@@H](C(=O)NCc2nc3ccccc3s2)C1)c1[nH]c(=O)[nH]c(=O)c1O. The first-order chi connectivity index (χ1) is 14.4. The second-order valence-corrected chi connectivity index (χ2v) is 8.22. The molecule has 1 saturated carbocycles. The van der Waals surface area contributed by atoms with Crippen molar-refractivity contribution in [2.24, 2.45) is 5.92 Å². The van der Waals surface area contributed by atoms with Crippen LogP contribution in [-0.2, 0) is 11.3 Å². The minimum atomic E-state index is -1.04. The molecule has 156 valence electrons. The predicted octanol–water partition coefficient (Wildman–Crippen LogP) is 0.593. The average Bonchev–Trinajstić information content (AvgIpc) is 3.35. The van der Waals surface area contributed by atoms with E-state index in [2.05, 4.69) is 20.6 Å². The Hall–Kier alpha value is -3.47. The van der Waals surface area contributed by atoms with Gasteiger partial charge in [0.05, 0.1) is 16.8 Å². The van der Waals surface area contributed by atoms with E-state index in [0.717, 1.165) is 15.2 Å². The van der Waals surface area contributed by atoms with Crippen molar-refractivity contribution >= 4 is 33.4 Å². The Morgan fingerprint density at radius 1 is 1.20 bits per heavy atom. The molecule has 2 aromatic heterocycles. The van der Waals surface area contributed by atoms with E-state index in [-0.39, 0.29) is 17.9 Å². The first kappa shape index (κ1) is 19.8. The molecule has 1 fully saturated rings. The van der Waals surface area contributed by atoms with Crippen molar-refractivity contribution in [3.05, 3.63) is 55.8 Å². The van der Waals surface area contributed by atoms with Gasteiger partial charge in [-0.2, -0.15) is 0 Å². The number of carbonyl (C=O) groups is 2. The number of fused-ring (bicyclic) bond motifs is 1. The smallest absolute Gasteiger partial charge is 0.326 e. The lowest BCUT2D eigenvalue weighted by molar-refractivity contribution is -0.125. The van der Waals surface area contributed by atoms with Crippen molar-refractivity contribution in [3.63, 3.8) is 0 Å². The van der Waals surface area contributed by atoms with E-state index in [1.807, 2.05) is 29.2 Å². The van der Waals surface area contributed by atoms with Gasteiger partial charge in [0.2, 0.25) is 11.7 Å². The molecule has 10 nitrogen and oxygen atoms in total. The number of carbonyl (C=O) groups excluding carboxylic acids is 2. The number of rotatable bonds is 5. The Balaban J connectivity index is 1.32. The number of H-pyrrole nitrogens is 2. The van der Waals surface area contributed by atoms with Crippen molar-refractivity contribution in [2.45, 2.75) is 31.8 Å². The minimum Gasteiger partial charge on any atom is -0.501 e. The largest absolute Gasteiger partial charge is 0.501 e. The molecule has 2 atom stereocenters. The number of nitrogens with zero attached hydrogens (tertiary/aromatic N) is 1. The molecule has 0 radical (unpaired) electrons. The number of aromatic hydroxyl groups is 1. The lowest BCUT2D eigenvalue weighted by atomic mass is 10.1. The van der Waals surface area contributed by atoms with Gasteiger partial charge in [-0.1, -0.05) is 12.1 Å². The molecule has 4 rings (SSSR count). The topological polar surface area (TPSA) is 157 Å². The second kappa shape index (κ2) is 8.11. The van der Waals surface area contributed by atoms with Crippen molar-refractivity contribution in [1.29, 1.82) is 0 Å². The highest BCUT2D eigenvalue weighted by atomic mass is 32.1. The Labute approximate surface area is 173 Å². The maximum Gasteiger partial charge on any atom is 0.326 e. The van der Waals surface area contributed by atoms with Crippen LogP contribution in [0, 0.1) is 5.92 Å². The number of aromatic amines is 2. The van der Waals surface area contributed by atoms with Gasteiger partial charge < -0.3 is 15.7 Å². The number of benzene rings is 1. The van der Waals surface area contributed by atoms with Crippen LogP contribution in [0.25, 0.3) is 10.2 Å². The summed E-state index contributed by atoms with van der Waals surface area (Å²) in [4.78, 5) is 56.0. The molecule has 1 aliphatic carbocycles. The van der Waals surface area contributed by atoms with Gasteiger partial charge in [0.25, 0.3) is 11.5 Å². The van der Waals surface area contributed by atoms with E-state index in [1.54, 1.807) is 0 Å². The Morgan fingerprint density at radius 2 is 2.00 bits per heavy atom. The third kappa shape index (κ3) is 4.10. The molecule has 0 aliphatic heterocycles. The molecule has 0 bridgehead atoms. The molecule has 11 heteroatoms. The van der Waals surface area contributed by atoms with Gasteiger partial charge >= 0.3 is 5.69 Å². The van der Waals surface area contributed by atoms with E-state index in [0.29, 0.717) is 25.8 Å². The highest BCUT2D eigenvalue weighted by molar-refractivity contribution is 7.18. The molecule has 30 heavy (non-hydrogen) atoms. The summed E-state index contributed by atoms with van der Waals surface area (Å²) < 4.78 is 1.06. The van der Waals surface area contributed by atoms with Gasteiger partial charge in [-0.15, -0.1) is 11.3 Å². The number of hydrogen-bond acceptors (Lipinski definition) is 7. The molecule has 5 N–H and O–H groups in total. The van der Waals surface area contributed by atoms with Crippen LogP contribution in [0.1, 0.15) is 34.8 Å². The molecule has 0 unspecified atom stereocenters. The van der Waals surface area contributed by atoms with E-state index < -0.39 is 28.6 Å². The zero-order valence-corrected chi connectivity index (χ0v) is 16.5. The Morgan fingerprint density at radius 3 is 2.80 bits per heavy atom. The van der Waals surface area contributed by atoms with Gasteiger partial charge in [-0.25, -0.2) is 9.78 Å². The van der Waals surface area contributed by atoms with Crippen LogP contribution in [-0.4, -0.2) is 37.9 Å². The van der Waals surface area contributed by atoms with E-state index in [1.165, 1.54) is 11.3 Å². The van der Waals surface area contributed by atoms with Crippen LogP contribution in [0.2, 0.25) is 0 Å². The molecule has 0 spiro atoms. The lowest BCUT2D eigenvalue weighted by Gasteiger charge is -2.13. The second-order valence-electron chi connectivity index (χ2n) is 7.11. The van der Waals surface area contributed by atoms with Crippen LogP contribution in [0.4, 0.5) is 0 Å². The number of aromatic nitrogens is 3. The normalized spacial score (nSPS) is 18.4. The number of para-hydroxylation sites is 1. The molecule has 1 aromatic carbocycles. The van der Waals surface area contributed by atoms with Crippen LogP contribution >= 0.6 is 11.3 Å². The third-order valence-electron chi connectivity index (χ3n) is 5.04. The molecular weight excluding hydrogens is 410 g/mol. The van der Waals surface area contributed by atoms with E-state index in [9.17, 15) is 24.3 Å².